The number of aliphatic carboxylic acids is 1. The molecule has 40 heavy (non-hydrogen) atoms. The van der Waals surface area contributed by atoms with Gasteiger partial charge in [-0.05, 0) is 29.2 Å². The fourth-order valence-electron chi connectivity index (χ4n) is 4.43. The number of carbonyl (C=O) groups excluding carboxylic acids is 4. The second-order valence-electron chi connectivity index (χ2n) is 9.62. The van der Waals surface area contributed by atoms with Crippen molar-refractivity contribution in [1.29, 1.82) is 0 Å². The molecule has 0 unspecified atom stereocenters. The highest BCUT2D eigenvalue weighted by Crippen LogP contribution is 2.28. The van der Waals surface area contributed by atoms with Crippen molar-refractivity contribution < 1.29 is 33.8 Å². The van der Waals surface area contributed by atoms with Crippen molar-refractivity contribution in [1.82, 2.24) is 15.3 Å². The molecular formula is C30H29N3O7. The third-order valence-corrected chi connectivity index (χ3v) is 6.48. The molecule has 3 aromatic carbocycles. The number of nitrogens with one attached hydrogen (secondary N) is 1. The van der Waals surface area contributed by atoms with Crippen molar-refractivity contribution in [3.05, 3.63) is 107 Å². The van der Waals surface area contributed by atoms with Gasteiger partial charge in [0.25, 0.3) is 17.7 Å². The second kappa shape index (κ2) is 12.2. The lowest BCUT2D eigenvalue weighted by molar-refractivity contribution is -0.162. The van der Waals surface area contributed by atoms with Crippen molar-refractivity contribution in [2.75, 3.05) is 0 Å². The molecule has 0 aliphatic carbocycles. The molecule has 3 aromatic rings. The third-order valence-electron chi connectivity index (χ3n) is 6.48. The number of hydrogen-bond donors (Lipinski definition) is 2. The zero-order valence-corrected chi connectivity index (χ0v) is 22.0. The van der Waals surface area contributed by atoms with Crippen LogP contribution in [0.25, 0.3) is 0 Å². The number of imide groups is 1. The molecular weight excluding hydrogens is 514 g/mol. The van der Waals surface area contributed by atoms with Gasteiger partial charge in [0.1, 0.15) is 12.6 Å². The fourth-order valence-corrected chi connectivity index (χ4v) is 4.43. The SMILES string of the molecule is CC(C)[C@H](NC(=O)OCc1ccccc1)C(=O)N([C@@H](Cc1ccccc1)C(=O)O)N1C(=O)c2ccccc2C1=O. The number of carboxylic acids is 1. The minimum absolute atomic E-state index is 0.0467. The summed E-state index contributed by atoms with van der Waals surface area (Å²) in [6, 6.07) is 20.5. The quantitative estimate of drug-likeness (QED) is 0.373. The standard InChI is InChI=1S/C30H29N3O7/c1-19(2)25(31-30(39)40-18-21-13-7-4-8-14-21)28(36)32(24(29(37)38)17-20-11-5-3-6-12-20)33-26(34)22-15-9-10-16-23(22)27(33)35/h3-16,19,24-25H,17-18H2,1-2H3,(H,31,39)(H,37,38)/t24-,25-/m0/s1. The Labute approximate surface area is 231 Å². The van der Waals surface area contributed by atoms with E-state index in [9.17, 15) is 29.1 Å². The van der Waals surface area contributed by atoms with E-state index < -0.39 is 47.8 Å². The average molecular weight is 544 g/mol. The Kier molecular flexibility index (Phi) is 8.58. The number of hydrazine groups is 1. The Morgan fingerprint density at radius 1 is 0.825 bits per heavy atom. The minimum Gasteiger partial charge on any atom is -0.480 e. The monoisotopic (exact) mass is 543 g/mol. The van der Waals surface area contributed by atoms with E-state index in [4.69, 9.17) is 4.74 Å². The molecule has 4 amide bonds. The van der Waals surface area contributed by atoms with E-state index in [0.717, 1.165) is 5.56 Å². The number of amides is 4. The van der Waals surface area contributed by atoms with Gasteiger partial charge in [0.2, 0.25) is 0 Å². The molecule has 0 radical (unpaired) electrons. The van der Waals surface area contributed by atoms with Crippen LogP contribution in [-0.4, -0.2) is 57.0 Å². The first-order valence-corrected chi connectivity index (χ1v) is 12.7. The van der Waals surface area contributed by atoms with Crippen molar-refractivity contribution in [3.8, 4) is 0 Å². The summed E-state index contributed by atoms with van der Waals surface area (Å²) in [4.78, 5) is 66.3. The number of carboxylic acid groups (broad SMARTS) is 1. The van der Waals surface area contributed by atoms with Crippen LogP contribution < -0.4 is 5.32 Å². The van der Waals surface area contributed by atoms with Crippen LogP contribution in [0.3, 0.4) is 0 Å². The Morgan fingerprint density at radius 2 is 1.32 bits per heavy atom. The van der Waals surface area contributed by atoms with E-state index in [2.05, 4.69) is 5.32 Å². The smallest absolute Gasteiger partial charge is 0.408 e. The highest BCUT2D eigenvalue weighted by atomic mass is 16.5. The predicted molar refractivity (Wildman–Crippen MR) is 144 cm³/mol. The zero-order valence-electron chi connectivity index (χ0n) is 22.0. The second-order valence-corrected chi connectivity index (χ2v) is 9.62. The Hall–Kier alpha value is -4.99. The summed E-state index contributed by atoms with van der Waals surface area (Å²) in [6.45, 7) is 3.24. The van der Waals surface area contributed by atoms with Gasteiger partial charge in [-0.3, -0.25) is 14.4 Å². The van der Waals surface area contributed by atoms with E-state index in [1.807, 2.05) is 6.07 Å². The number of rotatable bonds is 10. The van der Waals surface area contributed by atoms with Gasteiger partial charge < -0.3 is 15.2 Å². The lowest BCUT2D eigenvalue weighted by Gasteiger charge is -2.37. The predicted octanol–water partition coefficient (Wildman–Crippen LogP) is 3.67. The number of carbonyl (C=O) groups is 5. The molecule has 0 saturated heterocycles. The molecule has 1 heterocycles. The van der Waals surface area contributed by atoms with Crippen LogP contribution >= 0.6 is 0 Å². The van der Waals surface area contributed by atoms with Crippen molar-refractivity contribution in [3.63, 3.8) is 0 Å². The molecule has 206 valence electrons. The molecule has 0 spiro atoms. The van der Waals surface area contributed by atoms with Crippen molar-refractivity contribution in [2.24, 2.45) is 5.92 Å². The molecule has 10 nitrogen and oxygen atoms in total. The normalized spacial score (nSPS) is 13.9. The van der Waals surface area contributed by atoms with Gasteiger partial charge in [0.15, 0.2) is 6.04 Å². The van der Waals surface area contributed by atoms with Crippen LogP contribution in [0.4, 0.5) is 4.79 Å². The summed E-state index contributed by atoms with van der Waals surface area (Å²) < 4.78 is 5.28. The molecule has 0 saturated carbocycles. The summed E-state index contributed by atoms with van der Waals surface area (Å²) in [7, 11) is 0. The van der Waals surface area contributed by atoms with Crippen LogP contribution in [-0.2, 0) is 27.4 Å². The molecule has 4 rings (SSSR count). The van der Waals surface area contributed by atoms with Gasteiger partial charge in [-0.2, -0.15) is 5.01 Å². The molecule has 1 aliphatic heterocycles. The number of alkyl carbamates (subject to hydrolysis) is 1. The largest absolute Gasteiger partial charge is 0.480 e. The summed E-state index contributed by atoms with van der Waals surface area (Å²) in [5, 5.41) is 14.0. The molecule has 10 heteroatoms. The summed E-state index contributed by atoms with van der Waals surface area (Å²) in [6.07, 6.45) is -1.10. The lowest BCUT2D eigenvalue weighted by Crippen LogP contribution is -2.63. The first-order chi connectivity index (χ1) is 19.2. The van der Waals surface area contributed by atoms with Crippen LogP contribution in [0.15, 0.2) is 84.9 Å². The number of benzene rings is 3. The topological polar surface area (TPSA) is 133 Å². The van der Waals surface area contributed by atoms with Gasteiger partial charge >= 0.3 is 12.1 Å². The molecule has 0 bridgehead atoms. The van der Waals surface area contributed by atoms with E-state index in [1.165, 1.54) is 12.1 Å². The molecule has 0 fully saturated rings. The first kappa shape index (κ1) is 28.0. The van der Waals surface area contributed by atoms with Gasteiger partial charge in [-0.25, -0.2) is 14.6 Å². The Bertz CT molecular complexity index is 1370. The van der Waals surface area contributed by atoms with Crippen LogP contribution in [0.1, 0.15) is 45.7 Å². The summed E-state index contributed by atoms with van der Waals surface area (Å²) >= 11 is 0. The lowest BCUT2D eigenvalue weighted by atomic mass is 10.0. The van der Waals surface area contributed by atoms with Crippen molar-refractivity contribution in [2.45, 2.75) is 39.0 Å². The number of ether oxygens (including phenoxy) is 1. The minimum atomic E-state index is -1.64. The average Bonchev–Trinajstić information content (AvgIpc) is 3.20. The first-order valence-electron chi connectivity index (χ1n) is 12.7. The maximum atomic E-state index is 14.1. The summed E-state index contributed by atoms with van der Waals surface area (Å²) in [5.41, 5.74) is 1.39. The molecule has 2 N–H and O–H groups in total. The Morgan fingerprint density at radius 3 is 1.82 bits per heavy atom. The van der Waals surface area contributed by atoms with E-state index in [0.29, 0.717) is 15.6 Å². The van der Waals surface area contributed by atoms with Crippen molar-refractivity contribution >= 4 is 29.8 Å². The molecule has 1 aliphatic rings. The maximum absolute atomic E-state index is 14.1. The highest BCUT2D eigenvalue weighted by Gasteiger charge is 2.48. The van der Waals surface area contributed by atoms with Gasteiger partial charge in [-0.1, -0.05) is 86.6 Å². The zero-order chi connectivity index (χ0) is 28.8. The van der Waals surface area contributed by atoms with Gasteiger partial charge in [0, 0.05) is 6.42 Å². The van der Waals surface area contributed by atoms with Gasteiger partial charge in [-0.15, -0.1) is 0 Å². The van der Waals surface area contributed by atoms with Crippen LogP contribution in [0.5, 0.6) is 0 Å². The van der Waals surface area contributed by atoms with E-state index in [-0.39, 0.29) is 24.2 Å². The highest BCUT2D eigenvalue weighted by molar-refractivity contribution is 6.22. The Balaban J connectivity index is 1.68. The van der Waals surface area contributed by atoms with E-state index in [1.54, 1.807) is 80.6 Å². The van der Waals surface area contributed by atoms with E-state index >= 15 is 0 Å². The third kappa shape index (κ3) is 6.01. The summed E-state index contributed by atoms with van der Waals surface area (Å²) in [5.74, 6) is -4.59. The van der Waals surface area contributed by atoms with Crippen LogP contribution in [0, 0.1) is 5.92 Å². The molecule has 2 atom stereocenters. The molecule has 0 aromatic heterocycles. The number of hydrogen-bond acceptors (Lipinski definition) is 6. The fraction of sp³-hybridized carbons (Fsp3) is 0.233. The van der Waals surface area contributed by atoms with Crippen LogP contribution in [0.2, 0.25) is 0 Å². The maximum Gasteiger partial charge on any atom is 0.408 e. The number of nitrogens with zero attached hydrogens (tertiary/aromatic N) is 2. The number of fused-ring (bicyclic) bond motifs is 1. The van der Waals surface area contributed by atoms with Gasteiger partial charge in [0.05, 0.1) is 11.1 Å².